The van der Waals surface area contributed by atoms with Gasteiger partial charge in [-0.1, -0.05) is 12.1 Å². The normalized spacial score (nSPS) is 11.2. The molecule has 0 bridgehead atoms. The number of nitrogens with one attached hydrogen (secondary N) is 2. The van der Waals surface area contributed by atoms with E-state index in [1.54, 1.807) is 41.3 Å². The van der Waals surface area contributed by atoms with E-state index in [0.717, 1.165) is 16.2 Å². The van der Waals surface area contributed by atoms with Crippen LogP contribution < -0.4 is 10.6 Å². The zero-order chi connectivity index (χ0) is 18.7. The fraction of sp³-hybridized carbons (Fsp3) is 0.0588. The fourth-order valence-electron chi connectivity index (χ4n) is 2.26. The SMILES string of the molecule is O=C(Nc1ccc(-n2cc(Br)cn2)cc1)Nc1ccccc1C(F)(F)F. The molecule has 26 heavy (non-hydrogen) atoms. The van der Waals surface area contributed by atoms with Gasteiger partial charge in [0.15, 0.2) is 0 Å². The van der Waals surface area contributed by atoms with Gasteiger partial charge in [-0.05, 0) is 52.3 Å². The molecule has 1 aromatic heterocycles. The molecular formula is C17H12BrF3N4O. The van der Waals surface area contributed by atoms with E-state index in [9.17, 15) is 18.0 Å². The Morgan fingerprint density at radius 3 is 2.35 bits per heavy atom. The van der Waals surface area contributed by atoms with Crippen LogP contribution in [-0.2, 0) is 6.18 Å². The number of alkyl halides is 3. The Morgan fingerprint density at radius 2 is 1.73 bits per heavy atom. The summed E-state index contributed by atoms with van der Waals surface area (Å²) < 4.78 is 41.3. The van der Waals surface area contributed by atoms with E-state index in [0.29, 0.717) is 5.69 Å². The molecular weight excluding hydrogens is 413 g/mol. The van der Waals surface area contributed by atoms with Crippen molar-refractivity contribution in [3.05, 3.63) is 71.0 Å². The van der Waals surface area contributed by atoms with Crippen molar-refractivity contribution in [2.45, 2.75) is 6.18 Å². The number of para-hydroxylation sites is 1. The maximum atomic E-state index is 12.9. The Bertz CT molecular complexity index is 922. The quantitative estimate of drug-likeness (QED) is 0.599. The van der Waals surface area contributed by atoms with E-state index >= 15 is 0 Å². The van der Waals surface area contributed by atoms with Crippen LogP contribution in [0.4, 0.5) is 29.3 Å². The van der Waals surface area contributed by atoms with Gasteiger partial charge in [-0.3, -0.25) is 0 Å². The predicted molar refractivity (Wildman–Crippen MR) is 95.3 cm³/mol. The number of nitrogens with zero attached hydrogens (tertiary/aromatic N) is 2. The van der Waals surface area contributed by atoms with Crippen LogP contribution in [0.3, 0.4) is 0 Å². The third kappa shape index (κ3) is 4.23. The molecule has 9 heteroatoms. The summed E-state index contributed by atoms with van der Waals surface area (Å²) in [5, 5.41) is 8.85. The lowest BCUT2D eigenvalue weighted by molar-refractivity contribution is -0.136. The molecule has 0 saturated heterocycles. The predicted octanol–water partition coefficient (Wildman–Crippen LogP) is 5.30. The van der Waals surface area contributed by atoms with E-state index in [1.165, 1.54) is 18.2 Å². The summed E-state index contributed by atoms with van der Waals surface area (Å²) in [7, 11) is 0. The number of aromatic nitrogens is 2. The van der Waals surface area contributed by atoms with Crippen LogP contribution in [0.2, 0.25) is 0 Å². The molecule has 0 radical (unpaired) electrons. The highest BCUT2D eigenvalue weighted by Gasteiger charge is 2.33. The lowest BCUT2D eigenvalue weighted by Crippen LogP contribution is -2.21. The zero-order valence-corrected chi connectivity index (χ0v) is 14.7. The molecule has 0 fully saturated rings. The van der Waals surface area contributed by atoms with Crippen molar-refractivity contribution in [3.63, 3.8) is 0 Å². The molecule has 0 aliphatic rings. The van der Waals surface area contributed by atoms with Crippen LogP contribution in [0.25, 0.3) is 5.69 Å². The molecule has 134 valence electrons. The average molecular weight is 425 g/mol. The van der Waals surface area contributed by atoms with E-state index in [2.05, 4.69) is 31.7 Å². The van der Waals surface area contributed by atoms with Gasteiger partial charge in [0, 0.05) is 11.9 Å². The number of hydrogen-bond acceptors (Lipinski definition) is 2. The second-order valence-electron chi connectivity index (χ2n) is 5.27. The van der Waals surface area contributed by atoms with Crippen LogP contribution in [-0.4, -0.2) is 15.8 Å². The molecule has 0 aliphatic heterocycles. The highest BCUT2D eigenvalue weighted by molar-refractivity contribution is 9.10. The Balaban J connectivity index is 1.69. The van der Waals surface area contributed by atoms with Crippen molar-refractivity contribution in [3.8, 4) is 5.69 Å². The number of carbonyl (C=O) groups is 1. The second kappa shape index (κ2) is 7.20. The largest absolute Gasteiger partial charge is 0.418 e. The van der Waals surface area contributed by atoms with Gasteiger partial charge in [0.2, 0.25) is 0 Å². The molecule has 0 atom stereocenters. The third-order valence-electron chi connectivity index (χ3n) is 3.42. The van der Waals surface area contributed by atoms with E-state index in [1.807, 2.05) is 0 Å². The third-order valence-corrected chi connectivity index (χ3v) is 3.83. The summed E-state index contributed by atoms with van der Waals surface area (Å²) >= 11 is 3.30. The number of rotatable bonds is 3. The number of carbonyl (C=O) groups excluding carboxylic acids is 1. The fourth-order valence-corrected chi connectivity index (χ4v) is 2.55. The molecule has 0 unspecified atom stereocenters. The summed E-state index contributed by atoms with van der Waals surface area (Å²) in [4.78, 5) is 12.0. The van der Waals surface area contributed by atoms with Gasteiger partial charge in [-0.25, -0.2) is 9.48 Å². The van der Waals surface area contributed by atoms with Crippen molar-refractivity contribution in [1.82, 2.24) is 9.78 Å². The van der Waals surface area contributed by atoms with Gasteiger partial charge >= 0.3 is 12.2 Å². The first-order valence-corrected chi connectivity index (χ1v) is 8.17. The van der Waals surface area contributed by atoms with Crippen LogP contribution in [0.5, 0.6) is 0 Å². The lowest BCUT2D eigenvalue weighted by atomic mass is 10.1. The average Bonchev–Trinajstić information content (AvgIpc) is 3.01. The Hall–Kier alpha value is -2.81. The molecule has 0 aliphatic carbocycles. The Morgan fingerprint density at radius 1 is 1.04 bits per heavy atom. The van der Waals surface area contributed by atoms with E-state index < -0.39 is 17.8 Å². The van der Waals surface area contributed by atoms with Gasteiger partial charge in [-0.15, -0.1) is 0 Å². The number of benzene rings is 2. The number of urea groups is 1. The maximum absolute atomic E-state index is 12.9. The first kappa shape index (κ1) is 18.0. The minimum Gasteiger partial charge on any atom is -0.308 e. The van der Waals surface area contributed by atoms with Gasteiger partial charge < -0.3 is 10.6 Å². The lowest BCUT2D eigenvalue weighted by Gasteiger charge is -2.14. The highest BCUT2D eigenvalue weighted by atomic mass is 79.9. The van der Waals surface area contributed by atoms with Gasteiger partial charge in [0.25, 0.3) is 0 Å². The zero-order valence-electron chi connectivity index (χ0n) is 13.1. The van der Waals surface area contributed by atoms with Gasteiger partial charge in [0.1, 0.15) is 0 Å². The topological polar surface area (TPSA) is 59.0 Å². The molecule has 5 nitrogen and oxygen atoms in total. The molecule has 2 amide bonds. The maximum Gasteiger partial charge on any atom is 0.418 e. The summed E-state index contributed by atoms with van der Waals surface area (Å²) in [5.41, 5.74) is -0.0173. The summed E-state index contributed by atoms with van der Waals surface area (Å²) in [6.45, 7) is 0. The van der Waals surface area contributed by atoms with Crippen LogP contribution in [0, 0.1) is 0 Å². The standard InChI is InChI=1S/C17H12BrF3N4O/c18-11-9-22-25(10-11)13-7-5-12(6-8-13)23-16(26)24-15-4-2-1-3-14(15)17(19,20)21/h1-10H,(H2,23,24,26). The summed E-state index contributed by atoms with van der Waals surface area (Å²) in [5.74, 6) is 0. The molecule has 1 heterocycles. The molecule has 2 N–H and O–H groups in total. The first-order chi connectivity index (χ1) is 12.3. The van der Waals surface area contributed by atoms with Crippen molar-refractivity contribution in [2.75, 3.05) is 10.6 Å². The minimum absolute atomic E-state index is 0.310. The van der Waals surface area contributed by atoms with Gasteiger partial charge in [0.05, 0.1) is 27.6 Å². The minimum atomic E-state index is -4.55. The molecule has 2 aromatic carbocycles. The number of halogens is 4. The Labute approximate surface area is 155 Å². The van der Waals surface area contributed by atoms with Crippen molar-refractivity contribution >= 4 is 33.3 Å². The number of hydrogen-bond donors (Lipinski definition) is 2. The van der Waals surface area contributed by atoms with E-state index in [-0.39, 0.29) is 5.69 Å². The number of anilines is 2. The molecule has 0 spiro atoms. The van der Waals surface area contributed by atoms with Crippen molar-refractivity contribution in [1.29, 1.82) is 0 Å². The monoisotopic (exact) mass is 424 g/mol. The van der Waals surface area contributed by atoms with Crippen LogP contribution in [0.15, 0.2) is 65.4 Å². The second-order valence-corrected chi connectivity index (χ2v) is 6.19. The van der Waals surface area contributed by atoms with Crippen LogP contribution in [0.1, 0.15) is 5.56 Å². The number of amides is 2. The molecule has 3 rings (SSSR count). The molecule has 3 aromatic rings. The molecule has 0 saturated carbocycles. The summed E-state index contributed by atoms with van der Waals surface area (Å²) in [6.07, 6.45) is -1.15. The highest BCUT2D eigenvalue weighted by Crippen LogP contribution is 2.34. The summed E-state index contributed by atoms with van der Waals surface area (Å²) in [6, 6.07) is 10.7. The Kier molecular flexibility index (Phi) is 4.99. The van der Waals surface area contributed by atoms with Crippen molar-refractivity contribution in [2.24, 2.45) is 0 Å². The van der Waals surface area contributed by atoms with Gasteiger partial charge in [-0.2, -0.15) is 18.3 Å². The smallest absolute Gasteiger partial charge is 0.308 e. The first-order valence-electron chi connectivity index (χ1n) is 7.38. The van der Waals surface area contributed by atoms with Crippen LogP contribution >= 0.6 is 15.9 Å². The van der Waals surface area contributed by atoms with Crippen molar-refractivity contribution < 1.29 is 18.0 Å². The van der Waals surface area contributed by atoms with E-state index in [4.69, 9.17) is 0 Å².